The number of carbonyl (C=O) groups is 1. The standard InChI is InChI=1S/C8H16N2OS2/c1-6(12-2)3-9-8(11)7-4-13-5-10-7/h6-7,10H,3-5H2,1-2H3,(H,9,11)/t6-,7-/m1/s1. The van der Waals surface area contributed by atoms with Crippen LogP contribution in [0.2, 0.25) is 0 Å². The molecule has 1 rings (SSSR count). The molecule has 0 aromatic carbocycles. The molecule has 0 aliphatic carbocycles. The van der Waals surface area contributed by atoms with Gasteiger partial charge in [-0.2, -0.15) is 11.8 Å². The van der Waals surface area contributed by atoms with Gasteiger partial charge in [0.2, 0.25) is 5.91 Å². The van der Waals surface area contributed by atoms with Crippen molar-refractivity contribution in [1.29, 1.82) is 0 Å². The second-order valence-corrected chi connectivity index (χ2v) is 5.37. The third-order valence-electron chi connectivity index (χ3n) is 2.00. The number of rotatable bonds is 4. The lowest BCUT2D eigenvalue weighted by Gasteiger charge is -2.13. The second-order valence-electron chi connectivity index (χ2n) is 3.06. The fraction of sp³-hybridized carbons (Fsp3) is 0.875. The molecule has 0 aromatic heterocycles. The first-order valence-corrected chi connectivity index (χ1v) is 6.80. The number of amides is 1. The van der Waals surface area contributed by atoms with Crippen LogP contribution in [0.4, 0.5) is 0 Å². The van der Waals surface area contributed by atoms with E-state index in [2.05, 4.69) is 23.8 Å². The maximum Gasteiger partial charge on any atom is 0.238 e. The molecule has 2 N–H and O–H groups in total. The van der Waals surface area contributed by atoms with Crippen LogP contribution in [0.25, 0.3) is 0 Å². The van der Waals surface area contributed by atoms with Crippen LogP contribution < -0.4 is 10.6 Å². The van der Waals surface area contributed by atoms with Crippen LogP contribution in [-0.2, 0) is 4.79 Å². The minimum atomic E-state index is 0.0269. The maximum atomic E-state index is 11.5. The fourth-order valence-electron chi connectivity index (χ4n) is 1.01. The Bertz CT molecular complexity index is 172. The highest BCUT2D eigenvalue weighted by atomic mass is 32.2. The van der Waals surface area contributed by atoms with E-state index < -0.39 is 0 Å². The van der Waals surface area contributed by atoms with Crippen LogP contribution in [0.1, 0.15) is 6.92 Å². The number of hydrogen-bond acceptors (Lipinski definition) is 4. The summed E-state index contributed by atoms with van der Waals surface area (Å²) in [5.41, 5.74) is 0. The molecule has 1 aliphatic rings. The minimum Gasteiger partial charge on any atom is -0.354 e. The molecular weight excluding hydrogens is 204 g/mol. The van der Waals surface area contributed by atoms with Gasteiger partial charge in [-0.15, -0.1) is 11.8 Å². The average Bonchev–Trinajstić information content (AvgIpc) is 2.66. The van der Waals surface area contributed by atoms with E-state index in [-0.39, 0.29) is 11.9 Å². The van der Waals surface area contributed by atoms with Crippen LogP contribution in [0.3, 0.4) is 0 Å². The van der Waals surface area contributed by atoms with E-state index >= 15 is 0 Å². The van der Waals surface area contributed by atoms with E-state index in [1.54, 1.807) is 23.5 Å². The van der Waals surface area contributed by atoms with E-state index in [4.69, 9.17) is 0 Å². The molecule has 1 aliphatic heterocycles. The number of hydrogen-bond donors (Lipinski definition) is 2. The summed E-state index contributed by atoms with van der Waals surface area (Å²) in [5.74, 6) is 1.95. The van der Waals surface area contributed by atoms with Gasteiger partial charge in [0, 0.05) is 23.4 Å². The molecule has 0 saturated carbocycles. The van der Waals surface area contributed by atoms with E-state index in [0.29, 0.717) is 5.25 Å². The van der Waals surface area contributed by atoms with E-state index in [9.17, 15) is 4.79 Å². The Kier molecular flexibility index (Phi) is 4.98. The summed E-state index contributed by atoms with van der Waals surface area (Å²) in [6.45, 7) is 2.88. The molecule has 76 valence electrons. The summed E-state index contributed by atoms with van der Waals surface area (Å²) in [7, 11) is 0. The average molecular weight is 220 g/mol. The summed E-state index contributed by atoms with van der Waals surface area (Å²) >= 11 is 3.54. The van der Waals surface area contributed by atoms with Crippen molar-refractivity contribution in [2.24, 2.45) is 0 Å². The van der Waals surface area contributed by atoms with Crippen LogP contribution in [0, 0.1) is 0 Å². The van der Waals surface area contributed by atoms with Gasteiger partial charge in [-0.1, -0.05) is 6.92 Å². The number of carbonyl (C=O) groups excluding carboxylic acids is 1. The molecular formula is C8H16N2OS2. The molecule has 1 heterocycles. The topological polar surface area (TPSA) is 41.1 Å². The van der Waals surface area contributed by atoms with Gasteiger partial charge in [0.1, 0.15) is 0 Å². The molecule has 5 heteroatoms. The Labute approximate surface area is 87.8 Å². The summed E-state index contributed by atoms with van der Waals surface area (Å²) in [5, 5.41) is 6.58. The first kappa shape index (κ1) is 11.2. The first-order valence-electron chi connectivity index (χ1n) is 4.35. The highest BCUT2D eigenvalue weighted by Gasteiger charge is 2.22. The van der Waals surface area contributed by atoms with Gasteiger partial charge in [0.25, 0.3) is 0 Å². The monoisotopic (exact) mass is 220 g/mol. The summed E-state index contributed by atoms with van der Waals surface area (Å²) in [4.78, 5) is 11.5. The molecule has 1 saturated heterocycles. The zero-order valence-corrected chi connectivity index (χ0v) is 9.63. The minimum absolute atomic E-state index is 0.0269. The zero-order chi connectivity index (χ0) is 9.68. The molecule has 0 bridgehead atoms. The van der Waals surface area contributed by atoms with Gasteiger partial charge in [-0.3, -0.25) is 10.1 Å². The Morgan fingerprint density at radius 3 is 3.15 bits per heavy atom. The normalized spacial score (nSPS) is 24.3. The highest BCUT2D eigenvalue weighted by Crippen LogP contribution is 2.09. The largest absolute Gasteiger partial charge is 0.354 e. The lowest BCUT2D eigenvalue weighted by atomic mass is 10.3. The molecule has 3 nitrogen and oxygen atoms in total. The summed E-state index contributed by atoms with van der Waals surface area (Å²) in [6.07, 6.45) is 2.06. The second kappa shape index (κ2) is 5.78. The van der Waals surface area contributed by atoms with Gasteiger partial charge < -0.3 is 5.32 Å². The maximum absolute atomic E-state index is 11.5. The fourth-order valence-corrected chi connectivity index (χ4v) is 2.21. The van der Waals surface area contributed by atoms with Crippen molar-refractivity contribution in [3.05, 3.63) is 0 Å². The first-order chi connectivity index (χ1) is 6.24. The number of thioether (sulfide) groups is 2. The molecule has 1 fully saturated rings. The Hall–Kier alpha value is 0.130. The van der Waals surface area contributed by atoms with Gasteiger partial charge in [-0.25, -0.2) is 0 Å². The smallest absolute Gasteiger partial charge is 0.238 e. The van der Waals surface area contributed by atoms with Crippen molar-refractivity contribution in [3.8, 4) is 0 Å². The lowest BCUT2D eigenvalue weighted by Crippen LogP contribution is -2.43. The van der Waals surface area contributed by atoms with Crippen LogP contribution in [-0.4, -0.2) is 41.6 Å². The van der Waals surface area contributed by atoms with Crippen molar-refractivity contribution >= 4 is 29.4 Å². The van der Waals surface area contributed by atoms with Crippen molar-refractivity contribution in [2.75, 3.05) is 24.4 Å². The van der Waals surface area contributed by atoms with Crippen LogP contribution in [0.5, 0.6) is 0 Å². The van der Waals surface area contributed by atoms with Crippen molar-refractivity contribution in [3.63, 3.8) is 0 Å². The van der Waals surface area contributed by atoms with Gasteiger partial charge in [0.05, 0.1) is 6.04 Å². The van der Waals surface area contributed by atoms with Gasteiger partial charge >= 0.3 is 0 Å². The lowest BCUT2D eigenvalue weighted by molar-refractivity contribution is -0.122. The van der Waals surface area contributed by atoms with Gasteiger partial charge in [-0.05, 0) is 6.26 Å². The predicted octanol–water partition coefficient (Wildman–Crippen LogP) is 0.517. The molecule has 2 atom stereocenters. The van der Waals surface area contributed by atoms with Crippen molar-refractivity contribution in [1.82, 2.24) is 10.6 Å². The Morgan fingerprint density at radius 2 is 2.62 bits per heavy atom. The SMILES string of the molecule is CS[C@H](C)CNC(=O)[C@H]1CSCN1. The molecule has 1 amide bonds. The summed E-state index contributed by atoms with van der Waals surface area (Å²) in [6, 6.07) is 0.0269. The van der Waals surface area contributed by atoms with E-state index in [1.165, 1.54) is 0 Å². The van der Waals surface area contributed by atoms with E-state index in [0.717, 1.165) is 18.2 Å². The van der Waals surface area contributed by atoms with Crippen LogP contribution in [0.15, 0.2) is 0 Å². The molecule has 0 spiro atoms. The highest BCUT2D eigenvalue weighted by molar-refractivity contribution is 7.99. The Balaban J connectivity index is 2.16. The Morgan fingerprint density at radius 1 is 1.85 bits per heavy atom. The molecule has 0 unspecified atom stereocenters. The van der Waals surface area contributed by atoms with Crippen molar-refractivity contribution in [2.45, 2.75) is 18.2 Å². The van der Waals surface area contributed by atoms with Crippen LogP contribution >= 0.6 is 23.5 Å². The molecule has 13 heavy (non-hydrogen) atoms. The third-order valence-corrected chi connectivity index (χ3v) is 3.91. The third kappa shape index (κ3) is 3.79. The molecule has 0 radical (unpaired) electrons. The van der Waals surface area contributed by atoms with Crippen molar-refractivity contribution < 1.29 is 4.79 Å². The predicted molar refractivity (Wildman–Crippen MR) is 60.2 cm³/mol. The number of nitrogens with one attached hydrogen (secondary N) is 2. The zero-order valence-electron chi connectivity index (χ0n) is 8.00. The summed E-state index contributed by atoms with van der Waals surface area (Å²) < 4.78 is 0. The van der Waals surface area contributed by atoms with Gasteiger partial charge in [0.15, 0.2) is 0 Å². The quantitative estimate of drug-likeness (QED) is 0.724. The van der Waals surface area contributed by atoms with E-state index in [1.807, 2.05) is 0 Å². The molecule has 0 aromatic rings.